The molecule has 0 radical (unpaired) electrons. The van der Waals surface area contributed by atoms with Gasteiger partial charge in [0.05, 0.1) is 12.8 Å². The summed E-state index contributed by atoms with van der Waals surface area (Å²) in [7, 11) is 1.59. The molecule has 0 unspecified atom stereocenters. The van der Waals surface area contributed by atoms with E-state index < -0.39 is 0 Å². The van der Waals surface area contributed by atoms with E-state index in [1.54, 1.807) is 37.4 Å². The van der Waals surface area contributed by atoms with Gasteiger partial charge in [-0.2, -0.15) is 5.10 Å². The minimum absolute atomic E-state index is 0.00130. The van der Waals surface area contributed by atoms with Crippen molar-refractivity contribution in [3.05, 3.63) is 83.8 Å². The number of rotatable bonds is 7. The van der Waals surface area contributed by atoms with Crippen LogP contribution in [0.4, 0.5) is 4.39 Å². The first kappa shape index (κ1) is 20.3. The van der Waals surface area contributed by atoms with Gasteiger partial charge in [-0.25, -0.2) is 4.39 Å². The average molecular weight is 420 g/mol. The number of methoxy groups -OCH3 is 1. The standard InChI is InChI=1S/C24H21FN2O4/c1-15-24(31-20-5-3-4-18(12-20)29-2)23(27-26-15)21-11-10-19(13-22(21)28)30-14-16-6-8-17(25)9-7-16/h3-13,28H,14H2,1-2H3,(H,26,27). The normalized spacial score (nSPS) is 10.7. The van der Waals surface area contributed by atoms with Crippen molar-refractivity contribution in [2.45, 2.75) is 13.5 Å². The summed E-state index contributed by atoms with van der Waals surface area (Å²) in [4.78, 5) is 0. The van der Waals surface area contributed by atoms with Crippen molar-refractivity contribution in [2.75, 3.05) is 7.11 Å². The van der Waals surface area contributed by atoms with Crippen LogP contribution in [-0.4, -0.2) is 22.4 Å². The lowest BCUT2D eigenvalue weighted by Gasteiger charge is -2.11. The third-order valence-electron chi connectivity index (χ3n) is 4.70. The topological polar surface area (TPSA) is 76.6 Å². The lowest BCUT2D eigenvalue weighted by atomic mass is 10.1. The molecule has 0 aliphatic rings. The van der Waals surface area contributed by atoms with Gasteiger partial charge in [0.15, 0.2) is 5.75 Å². The fourth-order valence-corrected chi connectivity index (χ4v) is 3.06. The summed E-state index contributed by atoms with van der Waals surface area (Å²) in [6, 6.07) is 18.2. The summed E-state index contributed by atoms with van der Waals surface area (Å²) in [5.74, 6) is 1.94. The van der Waals surface area contributed by atoms with Gasteiger partial charge in [-0.1, -0.05) is 18.2 Å². The highest BCUT2D eigenvalue weighted by molar-refractivity contribution is 5.74. The molecule has 0 bridgehead atoms. The van der Waals surface area contributed by atoms with Gasteiger partial charge in [0.25, 0.3) is 0 Å². The highest BCUT2D eigenvalue weighted by Gasteiger charge is 2.18. The number of halogens is 1. The van der Waals surface area contributed by atoms with Crippen LogP contribution in [0.2, 0.25) is 0 Å². The number of aromatic hydroxyl groups is 1. The molecule has 0 spiro atoms. The minimum Gasteiger partial charge on any atom is -0.507 e. The summed E-state index contributed by atoms with van der Waals surface area (Å²) in [6.45, 7) is 2.09. The van der Waals surface area contributed by atoms with Gasteiger partial charge in [-0.3, -0.25) is 5.10 Å². The van der Waals surface area contributed by atoms with Crippen LogP contribution >= 0.6 is 0 Å². The lowest BCUT2D eigenvalue weighted by Crippen LogP contribution is -1.96. The van der Waals surface area contributed by atoms with E-state index in [4.69, 9.17) is 14.2 Å². The Bertz CT molecular complexity index is 1190. The van der Waals surface area contributed by atoms with Crippen LogP contribution in [0.25, 0.3) is 11.3 Å². The van der Waals surface area contributed by atoms with Crippen LogP contribution in [0.15, 0.2) is 66.7 Å². The number of ether oxygens (including phenoxy) is 3. The van der Waals surface area contributed by atoms with E-state index in [1.165, 1.54) is 18.2 Å². The molecule has 7 heteroatoms. The van der Waals surface area contributed by atoms with Crippen molar-refractivity contribution < 1.29 is 23.7 Å². The Labute approximate surface area is 178 Å². The zero-order valence-corrected chi connectivity index (χ0v) is 17.1. The molecule has 4 rings (SSSR count). The molecular formula is C24H21FN2O4. The van der Waals surface area contributed by atoms with Crippen molar-refractivity contribution in [3.63, 3.8) is 0 Å². The van der Waals surface area contributed by atoms with Crippen LogP contribution in [0, 0.1) is 12.7 Å². The maximum absolute atomic E-state index is 13.0. The van der Waals surface area contributed by atoms with Crippen molar-refractivity contribution >= 4 is 0 Å². The Morgan fingerprint density at radius 3 is 2.48 bits per heavy atom. The molecule has 31 heavy (non-hydrogen) atoms. The van der Waals surface area contributed by atoms with Gasteiger partial charge < -0.3 is 19.3 Å². The molecule has 0 saturated carbocycles. The van der Waals surface area contributed by atoms with Crippen LogP contribution in [0.3, 0.4) is 0 Å². The van der Waals surface area contributed by atoms with Crippen molar-refractivity contribution in [1.82, 2.24) is 10.2 Å². The lowest BCUT2D eigenvalue weighted by molar-refractivity contribution is 0.304. The smallest absolute Gasteiger partial charge is 0.176 e. The molecule has 0 saturated heterocycles. The van der Waals surface area contributed by atoms with Crippen molar-refractivity contribution in [3.8, 4) is 40.0 Å². The number of aryl methyl sites for hydroxylation is 1. The minimum atomic E-state index is -0.299. The number of H-pyrrole nitrogens is 1. The molecule has 3 aromatic carbocycles. The van der Waals surface area contributed by atoms with Gasteiger partial charge >= 0.3 is 0 Å². The van der Waals surface area contributed by atoms with E-state index in [0.29, 0.717) is 39.9 Å². The third kappa shape index (κ3) is 4.61. The number of hydrogen-bond acceptors (Lipinski definition) is 5. The monoisotopic (exact) mass is 420 g/mol. The second kappa shape index (κ2) is 8.79. The predicted molar refractivity (Wildman–Crippen MR) is 114 cm³/mol. The number of nitrogens with zero attached hydrogens (tertiary/aromatic N) is 1. The van der Waals surface area contributed by atoms with E-state index in [0.717, 1.165) is 5.56 Å². The molecule has 0 aliphatic heterocycles. The Kier molecular flexibility index (Phi) is 5.75. The summed E-state index contributed by atoms with van der Waals surface area (Å²) in [5, 5.41) is 17.8. The number of hydrogen-bond donors (Lipinski definition) is 2. The van der Waals surface area contributed by atoms with Crippen molar-refractivity contribution in [2.24, 2.45) is 0 Å². The zero-order valence-electron chi connectivity index (χ0n) is 17.1. The number of nitrogens with one attached hydrogen (secondary N) is 1. The van der Waals surface area contributed by atoms with Gasteiger partial charge in [-0.05, 0) is 48.9 Å². The first-order valence-corrected chi connectivity index (χ1v) is 9.61. The summed E-state index contributed by atoms with van der Waals surface area (Å²) in [5.41, 5.74) is 2.51. The first-order chi connectivity index (χ1) is 15.0. The molecule has 0 aliphatic carbocycles. The van der Waals surface area contributed by atoms with Crippen LogP contribution < -0.4 is 14.2 Å². The van der Waals surface area contributed by atoms with Crippen LogP contribution in [-0.2, 0) is 6.61 Å². The molecule has 1 heterocycles. The van der Waals surface area contributed by atoms with E-state index in [-0.39, 0.29) is 18.2 Å². The molecule has 6 nitrogen and oxygen atoms in total. The molecule has 0 atom stereocenters. The quantitative estimate of drug-likeness (QED) is 0.406. The van der Waals surface area contributed by atoms with E-state index in [1.807, 2.05) is 25.1 Å². The summed E-state index contributed by atoms with van der Waals surface area (Å²) >= 11 is 0. The molecule has 158 valence electrons. The molecule has 2 N–H and O–H groups in total. The Morgan fingerprint density at radius 1 is 0.968 bits per heavy atom. The van der Waals surface area contributed by atoms with Crippen LogP contribution in [0.5, 0.6) is 28.7 Å². The first-order valence-electron chi connectivity index (χ1n) is 9.61. The average Bonchev–Trinajstić information content (AvgIpc) is 3.13. The predicted octanol–water partition coefficient (Wildman–Crippen LogP) is 5.61. The van der Waals surface area contributed by atoms with Gasteiger partial charge in [0.1, 0.15) is 41.1 Å². The largest absolute Gasteiger partial charge is 0.507 e. The summed E-state index contributed by atoms with van der Waals surface area (Å²) in [6.07, 6.45) is 0. The fourth-order valence-electron chi connectivity index (χ4n) is 3.06. The number of aromatic amines is 1. The number of benzene rings is 3. The summed E-state index contributed by atoms with van der Waals surface area (Å²) < 4.78 is 30.0. The Morgan fingerprint density at radius 2 is 1.74 bits per heavy atom. The number of phenols is 1. The Balaban J connectivity index is 1.55. The van der Waals surface area contributed by atoms with Crippen LogP contribution in [0.1, 0.15) is 11.3 Å². The molecule has 1 aromatic heterocycles. The highest BCUT2D eigenvalue weighted by Crippen LogP contribution is 2.40. The molecule has 0 fully saturated rings. The van der Waals surface area contributed by atoms with Gasteiger partial charge in [0.2, 0.25) is 0 Å². The molecule has 0 amide bonds. The van der Waals surface area contributed by atoms with E-state index in [2.05, 4.69) is 10.2 Å². The highest BCUT2D eigenvalue weighted by atomic mass is 19.1. The second-order valence-electron chi connectivity index (χ2n) is 6.90. The number of aromatic nitrogens is 2. The van der Waals surface area contributed by atoms with Gasteiger partial charge in [0, 0.05) is 17.7 Å². The fraction of sp³-hybridized carbons (Fsp3) is 0.125. The van der Waals surface area contributed by atoms with E-state index in [9.17, 15) is 9.50 Å². The maximum Gasteiger partial charge on any atom is 0.176 e. The Hall–Kier alpha value is -4.00. The van der Waals surface area contributed by atoms with E-state index >= 15 is 0 Å². The van der Waals surface area contributed by atoms with Gasteiger partial charge in [-0.15, -0.1) is 0 Å². The maximum atomic E-state index is 13.0. The number of phenolic OH excluding ortho intramolecular Hbond substituents is 1. The second-order valence-corrected chi connectivity index (χ2v) is 6.90. The third-order valence-corrected chi connectivity index (χ3v) is 4.70. The molecular weight excluding hydrogens is 399 g/mol. The zero-order chi connectivity index (χ0) is 21.8. The van der Waals surface area contributed by atoms with Crippen molar-refractivity contribution in [1.29, 1.82) is 0 Å². The molecule has 4 aromatic rings. The SMILES string of the molecule is COc1cccc(Oc2c(-c3ccc(OCc4ccc(F)cc4)cc3O)n[nH]c2C)c1.